The van der Waals surface area contributed by atoms with Crippen LogP contribution >= 0.6 is 11.3 Å². The van der Waals surface area contributed by atoms with Gasteiger partial charge in [-0.3, -0.25) is 4.79 Å². The summed E-state index contributed by atoms with van der Waals surface area (Å²) in [7, 11) is 1.94. The van der Waals surface area contributed by atoms with Gasteiger partial charge in [0.1, 0.15) is 0 Å². The maximum absolute atomic E-state index is 11.6. The number of anilines is 1. The van der Waals surface area contributed by atoms with Gasteiger partial charge in [-0.2, -0.15) is 0 Å². The van der Waals surface area contributed by atoms with Gasteiger partial charge in [-0.05, 0) is 6.92 Å². The average molecular weight is 264 g/mol. The van der Waals surface area contributed by atoms with E-state index < -0.39 is 0 Å². The summed E-state index contributed by atoms with van der Waals surface area (Å²) < 4.78 is 1.94. The van der Waals surface area contributed by atoms with Crippen molar-refractivity contribution in [3.63, 3.8) is 0 Å². The van der Waals surface area contributed by atoms with Gasteiger partial charge in [-0.15, -0.1) is 0 Å². The fourth-order valence-corrected chi connectivity index (χ4v) is 2.50. The van der Waals surface area contributed by atoms with Crippen LogP contribution < -0.4 is 5.32 Å². The highest BCUT2D eigenvalue weighted by atomic mass is 32.1. The third-order valence-electron chi connectivity index (χ3n) is 2.58. The van der Waals surface area contributed by atoms with E-state index in [0.29, 0.717) is 5.13 Å². The number of carbonyl (C=O) groups excluding carboxylic acids is 1. The van der Waals surface area contributed by atoms with Crippen LogP contribution in [0.1, 0.15) is 19.5 Å². The quantitative estimate of drug-likeness (QED) is 0.926. The topological polar surface area (TPSA) is 59.8 Å². The SMILES string of the molecule is Cc1nc(NC(=O)C(C)C)sc1-c1nccn1C. The zero-order chi connectivity index (χ0) is 13.3. The number of rotatable bonds is 3. The molecule has 0 aromatic carbocycles. The molecule has 2 aromatic rings. The lowest BCUT2D eigenvalue weighted by molar-refractivity contribution is -0.118. The Kier molecular flexibility index (Phi) is 3.47. The van der Waals surface area contributed by atoms with E-state index in [1.807, 2.05) is 38.6 Å². The number of imidazole rings is 1. The average Bonchev–Trinajstić information content (AvgIpc) is 2.84. The first kappa shape index (κ1) is 12.8. The molecule has 0 saturated heterocycles. The predicted octanol–water partition coefficient (Wildman–Crippen LogP) is 2.45. The van der Waals surface area contributed by atoms with Crippen molar-refractivity contribution in [3.8, 4) is 10.7 Å². The minimum Gasteiger partial charge on any atom is -0.333 e. The molecular formula is C12H16N4OS. The number of nitrogens with one attached hydrogen (secondary N) is 1. The van der Waals surface area contributed by atoms with Crippen LogP contribution in [0.2, 0.25) is 0 Å². The zero-order valence-electron chi connectivity index (χ0n) is 10.9. The van der Waals surface area contributed by atoms with Crippen LogP contribution in [0.15, 0.2) is 12.4 Å². The van der Waals surface area contributed by atoms with Gasteiger partial charge in [-0.25, -0.2) is 9.97 Å². The van der Waals surface area contributed by atoms with E-state index in [2.05, 4.69) is 15.3 Å². The normalized spacial score (nSPS) is 10.9. The summed E-state index contributed by atoms with van der Waals surface area (Å²) >= 11 is 1.45. The number of hydrogen-bond acceptors (Lipinski definition) is 4. The van der Waals surface area contributed by atoms with Crippen LogP contribution in [0.3, 0.4) is 0 Å². The fourth-order valence-electron chi connectivity index (χ4n) is 1.49. The second kappa shape index (κ2) is 4.89. The highest BCUT2D eigenvalue weighted by molar-refractivity contribution is 7.19. The van der Waals surface area contributed by atoms with E-state index >= 15 is 0 Å². The summed E-state index contributed by atoms with van der Waals surface area (Å²) in [6.45, 7) is 5.64. The van der Waals surface area contributed by atoms with Crippen molar-refractivity contribution in [2.75, 3.05) is 5.32 Å². The lowest BCUT2D eigenvalue weighted by atomic mass is 10.2. The third kappa shape index (κ3) is 2.43. The van der Waals surface area contributed by atoms with Crippen molar-refractivity contribution in [1.29, 1.82) is 0 Å². The number of nitrogens with zero attached hydrogens (tertiary/aromatic N) is 3. The lowest BCUT2D eigenvalue weighted by Gasteiger charge is -2.03. The molecule has 5 nitrogen and oxygen atoms in total. The van der Waals surface area contributed by atoms with Crippen molar-refractivity contribution < 1.29 is 4.79 Å². The maximum atomic E-state index is 11.6. The summed E-state index contributed by atoms with van der Waals surface area (Å²) in [5.41, 5.74) is 0.883. The molecule has 0 unspecified atom stereocenters. The molecule has 0 saturated carbocycles. The zero-order valence-corrected chi connectivity index (χ0v) is 11.7. The largest absolute Gasteiger partial charge is 0.333 e. The summed E-state index contributed by atoms with van der Waals surface area (Å²) in [5.74, 6) is 0.802. The van der Waals surface area contributed by atoms with Gasteiger partial charge in [-0.1, -0.05) is 25.2 Å². The second-order valence-electron chi connectivity index (χ2n) is 4.44. The van der Waals surface area contributed by atoms with Gasteiger partial charge in [0.15, 0.2) is 11.0 Å². The minimum atomic E-state index is -0.0502. The minimum absolute atomic E-state index is 0.0184. The molecule has 0 bridgehead atoms. The first-order valence-electron chi connectivity index (χ1n) is 5.75. The number of hydrogen-bond donors (Lipinski definition) is 1. The first-order chi connectivity index (χ1) is 8.49. The Morgan fingerprint density at radius 3 is 2.78 bits per heavy atom. The number of aromatic nitrogens is 3. The number of thiazole rings is 1. The van der Waals surface area contributed by atoms with Crippen molar-refractivity contribution in [2.24, 2.45) is 13.0 Å². The molecule has 6 heteroatoms. The predicted molar refractivity (Wildman–Crippen MR) is 72.5 cm³/mol. The van der Waals surface area contributed by atoms with Crippen LogP contribution in [0.4, 0.5) is 5.13 Å². The van der Waals surface area contributed by atoms with Crippen LogP contribution in [-0.4, -0.2) is 20.4 Å². The molecule has 2 rings (SSSR count). The molecular weight excluding hydrogens is 248 g/mol. The first-order valence-corrected chi connectivity index (χ1v) is 6.56. The number of amides is 1. The Morgan fingerprint density at radius 1 is 1.50 bits per heavy atom. The lowest BCUT2D eigenvalue weighted by Crippen LogP contribution is -2.17. The van der Waals surface area contributed by atoms with Gasteiger partial charge in [0, 0.05) is 25.4 Å². The summed E-state index contributed by atoms with van der Waals surface area (Å²) in [6, 6.07) is 0. The molecule has 0 radical (unpaired) electrons. The molecule has 0 fully saturated rings. The van der Waals surface area contributed by atoms with Crippen LogP contribution in [0.25, 0.3) is 10.7 Å². The second-order valence-corrected chi connectivity index (χ2v) is 5.44. The van der Waals surface area contributed by atoms with Gasteiger partial charge in [0.05, 0.1) is 10.6 Å². The monoisotopic (exact) mass is 264 g/mol. The molecule has 2 heterocycles. The van der Waals surface area contributed by atoms with Gasteiger partial charge < -0.3 is 9.88 Å². The molecule has 1 amide bonds. The van der Waals surface area contributed by atoms with Crippen molar-refractivity contribution >= 4 is 22.4 Å². The molecule has 0 aliphatic rings. The van der Waals surface area contributed by atoms with E-state index in [-0.39, 0.29) is 11.8 Å². The third-order valence-corrected chi connectivity index (χ3v) is 3.64. The van der Waals surface area contributed by atoms with Crippen LogP contribution in [0.5, 0.6) is 0 Å². The van der Waals surface area contributed by atoms with Gasteiger partial charge in [0.2, 0.25) is 5.91 Å². The molecule has 0 aliphatic heterocycles. The van der Waals surface area contributed by atoms with E-state index in [9.17, 15) is 4.79 Å². The van der Waals surface area contributed by atoms with Crippen LogP contribution in [-0.2, 0) is 11.8 Å². The smallest absolute Gasteiger partial charge is 0.228 e. The molecule has 96 valence electrons. The standard InChI is InChI=1S/C12H16N4OS/c1-7(2)11(17)15-12-14-8(3)9(18-12)10-13-5-6-16(10)4/h5-7H,1-4H3,(H,14,15,17). The molecule has 0 aliphatic carbocycles. The maximum Gasteiger partial charge on any atom is 0.228 e. The van der Waals surface area contributed by atoms with E-state index in [1.165, 1.54) is 11.3 Å². The van der Waals surface area contributed by atoms with E-state index in [1.54, 1.807) is 6.20 Å². The van der Waals surface area contributed by atoms with E-state index in [0.717, 1.165) is 16.4 Å². The van der Waals surface area contributed by atoms with Crippen LogP contribution in [0, 0.1) is 12.8 Å². The molecule has 1 N–H and O–H groups in total. The fraction of sp³-hybridized carbons (Fsp3) is 0.417. The Bertz CT molecular complexity index is 570. The molecule has 18 heavy (non-hydrogen) atoms. The highest BCUT2D eigenvalue weighted by Gasteiger charge is 2.15. The Hall–Kier alpha value is -1.69. The van der Waals surface area contributed by atoms with Crippen molar-refractivity contribution in [1.82, 2.24) is 14.5 Å². The summed E-state index contributed by atoms with van der Waals surface area (Å²) in [6.07, 6.45) is 3.64. The molecule has 0 spiro atoms. The highest BCUT2D eigenvalue weighted by Crippen LogP contribution is 2.31. The van der Waals surface area contributed by atoms with Gasteiger partial charge in [0.25, 0.3) is 0 Å². The van der Waals surface area contributed by atoms with Crippen molar-refractivity contribution in [2.45, 2.75) is 20.8 Å². The van der Waals surface area contributed by atoms with Gasteiger partial charge >= 0.3 is 0 Å². The molecule has 2 aromatic heterocycles. The Morgan fingerprint density at radius 2 is 2.22 bits per heavy atom. The van der Waals surface area contributed by atoms with Crippen molar-refractivity contribution in [3.05, 3.63) is 18.1 Å². The summed E-state index contributed by atoms with van der Waals surface area (Å²) in [4.78, 5) is 21.3. The number of carbonyl (C=O) groups is 1. The van der Waals surface area contributed by atoms with E-state index in [4.69, 9.17) is 0 Å². The number of aryl methyl sites for hydroxylation is 2. The summed E-state index contributed by atoms with van der Waals surface area (Å²) in [5, 5.41) is 3.44. The Labute approximate surface area is 110 Å². The Balaban J connectivity index is 2.28. The molecule has 0 atom stereocenters.